The lowest BCUT2D eigenvalue weighted by atomic mass is 10.2. The SMILES string of the molecule is CCC(C)Oc1cccc(NCCC(=O)O)c1. The third-order valence-corrected chi connectivity index (χ3v) is 2.41. The summed E-state index contributed by atoms with van der Waals surface area (Å²) >= 11 is 0. The molecule has 2 N–H and O–H groups in total. The molecule has 0 saturated carbocycles. The number of ether oxygens (including phenoxy) is 1. The average molecular weight is 237 g/mol. The number of nitrogens with one attached hydrogen (secondary N) is 1. The Kier molecular flexibility index (Phi) is 5.33. The molecule has 0 saturated heterocycles. The lowest BCUT2D eigenvalue weighted by Crippen LogP contribution is -2.10. The van der Waals surface area contributed by atoms with Gasteiger partial charge in [0.1, 0.15) is 5.75 Å². The highest BCUT2D eigenvalue weighted by Crippen LogP contribution is 2.19. The van der Waals surface area contributed by atoms with Gasteiger partial charge in [0.2, 0.25) is 0 Å². The van der Waals surface area contributed by atoms with Gasteiger partial charge in [-0.3, -0.25) is 4.79 Å². The third kappa shape index (κ3) is 5.24. The summed E-state index contributed by atoms with van der Waals surface area (Å²) in [6.07, 6.45) is 1.25. The van der Waals surface area contributed by atoms with Gasteiger partial charge in [0, 0.05) is 18.3 Å². The Labute approximate surface area is 102 Å². The maximum Gasteiger partial charge on any atom is 0.305 e. The van der Waals surface area contributed by atoms with E-state index < -0.39 is 5.97 Å². The molecule has 0 fully saturated rings. The van der Waals surface area contributed by atoms with E-state index in [1.165, 1.54) is 0 Å². The average Bonchev–Trinajstić information content (AvgIpc) is 2.29. The van der Waals surface area contributed by atoms with Gasteiger partial charge in [0.05, 0.1) is 12.5 Å². The monoisotopic (exact) mass is 237 g/mol. The maximum atomic E-state index is 10.4. The summed E-state index contributed by atoms with van der Waals surface area (Å²) < 4.78 is 5.68. The highest BCUT2D eigenvalue weighted by Gasteiger charge is 2.02. The molecule has 1 rings (SSSR count). The molecule has 0 amide bonds. The van der Waals surface area contributed by atoms with Gasteiger partial charge in [0.15, 0.2) is 0 Å². The lowest BCUT2D eigenvalue weighted by molar-refractivity contribution is -0.136. The number of rotatable bonds is 7. The summed E-state index contributed by atoms with van der Waals surface area (Å²) in [4.78, 5) is 10.4. The van der Waals surface area contributed by atoms with Gasteiger partial charge >= 0.3 is 5.97 Å². The molecule has 1 unspecified atom stereocenters. The summed E-state index contributed by atoms with van der Waals surface area (Å²) in [5.41, 5.74) is 0.882. The zero-order valence-electron chi connectivity index (χ0n) is 10.3. The summed E-state index contributed by atoms with van der Waals surface area (Å²) in [6.45, 7) is 4.51. The number of hydrogen-bond acceptors (Lipinski definition) is 3. The first-order chi connectivity index (χ1) is 8.11. The van der Waals surface area contributed by atoms with Crippen molar-refractivity contribution in [3.63, 3.8) is 0 Å². The molecule has 17 heavy (non-hydrogen) atoms. The number of anilines is 1. The van der Waals surface area contributed by atoms with Gasteiger partial charge in [-0.15, -0.1) is 0 Å². The van der Waals surface area contributed by atoms with Crippen molar-refractivity contribution in [2.24, 2.45) is 0 Å². The molecule has 0 aromatic heterocycles. The topological polar surface area (TPSA) is 58.6 Å². The molecule has 4 nitrogen and oxygen atoms in total. The molecule has 4 heteroatoms. The van der Waals surface area contributed by atoms with Gasteiger partial charge < -0.3 is 15.2 Å². The standard InChI is InChI=1S/C13H19NO3/c1-3-10(2)17-12-6-4-5-11(9-12)14-8-7-13(15)16/h4-6,9-10,14H,3,7-8H2,1-2H3,(H,15,16). The van der Waals surface area contributed by atoms with Crippen LogP contribution in [0.1, 0.15) is 26.7 Å². The van der Waals surface area contributed by atoms with Crippen LogP contribution in [0.2, 0.25) is 0 Å². The predicted octanol–water partition coefficient (Wildman–Crippen LogP) is 2.75. The molecule has 0 heterocycles. The molecular formula is C13H19NO3. The molecule has 0 aliphatic rings. The molecule has 1 aromatic rings. The minimum atomic E-state index is -0.801. The first kappa shape index (κ1) is 13.4. The highest BCUT2D eigenvalue weighted by atomic mass is 16.5. The molecule has 0 spiro atoms. The molecule has 1 atom stereocenters. The van der Waals surface area contributed by atoms with Crippen molar-refractivity contribution in [2.75, 3.05) is 11.9 Å². The Balaban J connectivity index is 2.50. The van der Waals surface area contributed by atoms with Crippen molar-refractivity contribution in [3.8, 4) is 5.75 Å². The van der Waals surface area contributed by atoms with Crippen molar-refractivity contribution in [2.45, 2.75) is 32.8 Å². The Bertz CT molecular complexity index is 365. The molecule has 0 radical (unpaired) electrons. The van der Waals surface area contributed by atoms with Gasteiger partial charge in [-0.1, -0.05) is 13.0 Å². The minimum absolute atomic E-state index is 0.108. The van der Waals surface area contributed by atoms with E-state index in [0.29, 0.717) is 6.54 Å². The fraction of sp³-hybridized carbons (Fsp3) is 0.462. The number of carboxylic acids is 1. The van der Waals surface area contributed by atoms with Crippen molar-refractivity contribution >= 4 is 11.7 Å². The predicted molar refractivity (Wildman–Crippen MR) is 67.6 cm³/mol. The van der Waals surface area contributed by atoms with Crippen molar-refractivity contribution in [3.05, 3.63) is 24.3 Å². The molecule has 0 aliphatic carbocycles. The lowest BCUT2D eigenvalue weighted by Gasteiger charge is -2.13. The summed E-state index contributed by atoms with van der Waals surface area (Å²) in [6, 6.07) is 7.56. The smallest absolute Gasteiger partial charge is 0.305 e. The van der Waals surface area contributed by atoms with Crippen LogP contribution in [0.5, 0.6) is 5.75 Å². The van der Waals surface area contributed by atoms with E-state index in [-0.39, 0.29) is 12.5 Å². The Hall–Kier alpha value is -1.71. The second-order valence-corrected chi connectivity index (χ2v) is 3.94. The van der Waals surface area contributed by atoms with Crippen LogP contribution in [0, 0.1) is 0 Å². The van der Waals surface area contributed by atoms with Crippen molar-refractivity contribution in [1.82, 2.24) is 0 Å². The van der Waals surface area contributed by atoms with E-state index in [2.05, 4.69) is 12.2 Å². The molecular weight excluding hydrogens is 218 g/mol. The van der Waals surface area contributed by atoms with Gasteiger partial charge in [-0.2, -0.15) is 0 Å². The molecule has 0 bridgehead atoms. The van der Waals surface area contributed by atoms with E-state index in [1.807, 2.05) is 31.2 Å². The summed E-state index contributed by atoms with van der Waals surface area (Å²) in [5.74, 6) is 0.00387. The zero-order chi connectivity index (χ0) is 12.7. The maximum absolute atomic E-state index is 10.4. The molecule has 94 valence electrons. The fourth-order valence-corrected chi connectivity index (χ4v) is 1.31. The van der Waals surface area contributed by atoms with Crippen LogP contribution in [0.25, 0.3) is 0 Å². The number of carboxylic acid groups (broad SMARTS) is 1. The van der Waals surface area contributed by atoms with E-state index in [9.17, 15) is 4.79 Å². The summed E-state index contributed by atoms with van der Waals surface area (Å²) in [5, 5.41) is 11.6. The minimum Gasteiger partial charge on any atom is -0.491 e. The second kappa shape index (κ2) is 6.78. The van der Waals surface area contributed by atoms with Crippen LogP contribution >= 0.6 is 0 Å². The van der Waals surface area contributed by atoms with E-state index in [1.54, 1.807) is 0 Å². The van der Waals surface area contributed by atoms with Crippen LogP contribution in [-0.2, 0) is 4.79 Å². The van der Waals surface area contributed by atoms with E-state index >= 15 is 0 Å². The van der Waals surface area contributed by atoms with Crippen LogP contribution in [0.3, 0.4) is 0 Å². The number of carbonyl (C=O) groups is 1. The Morgan fingerprint density at radius 1 is 1.53 bits per heavy atom. The number of benzene rings is 1. The van der Waals surface area contributed by atoms with Crippen LogP contribution < -0.4 is 10.1 Å². The van der Waals surface area contributed by atoms with Crippen LogP contribution in [-0.4, -0.2) is 23.7 Å². The Morgan fingerprint density at radius 2 is 2.29 bits per heavy atom. The zero-order valence-corrected chi connectivity index (χ0v) is 10.3. The first-order valence-corrected chi connectivity index (χ1v) is 5.84. The normalized spacial score (nSPS) is 11.9. The summed E-state index contributed by atoms with van der Waals surface area (Å²) in [7, 11) is 0. The highest BCUT2D eigenvalue weighted by molar-refractivity contribution is 5.67. The largest absolute Gasteiger partial charge is 0.491 e. The fourth-order valence-electron chi connectivity index (χ4n) is 1.31. The van der Waals surface area contributed by atoms with Crippen LogP contribution in [0.15, 0.2) is 24.3 Å². The second-order valence-electron chi connectivity index (χ2n) is 3.94. The van der Waals surface area contributed by atoms with Gasteiger partial charge in [0.25, 0.3) is 0 Å². The quantitative estimate of drug-likeness (QED) is 0.765. The molecule has 1 aromatic carbocycles. The van der Waals surface area contributed by atoms with Gasteiger partial charge in [-0.05, 0) is 25.5 Å². The van der Waals surface area contributed by atoms with Crippen molar-refractivity contribution in [1.29, 1.82) is 0 Å². The number of hydrogen-bond donors (Lipinski definition) is 2. The van der Waals surface area contributed by atoms with E-state index in [0.717, 1.165) is 17.9 Å². The van der Waals surface area contributed by atoms with Crippen LogP contribution in [0.4, 0.5) is 5.69 Å². The first-order valence-electron chi connectivity index (χ1n) is 5.84. The number of aliphatic carboxylic acids is 1. The van der Waals surface area contributed by atoms with Crippen molar-refractivity contribution < 1.29 is 14.6 Å². The van der Waals surface area contributed by atoms with E-state index in [4.69, 9.17) is 9.84 Å². The third-order valence-electron chi connectivity index (χ3n) is 2.41. The molecule has 0 aliphatic heterocycles. The van der Waals surface area contributed by atoms with Gasteiger partial charge in [-0.25, -0.2) is 0 Å². The Morgan fingerprint density at radius 3 is 2.94 bits per heavy atom.